The minimum Gasteiger partial charge on any atom is -0.297 e. The first-order valence-corrected chi connectivity index (χ1v) is 6.54. The molecule has 1 aliphatic heterocycles. The summed E-state index contributed by atoms with van der Waals surface area (Å²) in [5, 5.41) is 0. The molecular formula is C11H14FNOS. The van der Waals surface area contributed by atoms with Crippen molar-refractivity contribution in [3.05, 3.63) is 35.6 Å². The number of hydrogen-bond acceptors (Lipinski definition) is 2. The van der Waals surface area contributed by atoms with E-state index in [1.165, 1.54) is 12.1 Å². The Hall–Kier alpha value is -0.740. The van der Waals surface area contributed by atoms with E-state index in [2.05, 4.69) is 4.90 Å². The molecule has 0 aromatic heterocycles. The normalized spacial score (nSPS) is 19.3. The summed E-state index contributed by atoms with van der Waals surface area (Å²) in [5.41, 5.74) is 1.11. The summed E-state index contributed by atoms with van der Waals surface area (Å²) < 4.78 is 23.8. The van der Waals surface area contributed by atoms with Crippen LogP contribution in [0.1, 0.15) is 5.56 Å². The minimum atomic E-state index is -0.624. The fraction of sp³-hybridized carbons (Fsp3) is 0.455. The van der Waals surface area contributed by atoms with Crippen LogP contribution in [0.2, 0.25) is 0 Å². The second kappa shape index (κ2) is 4.86. The summed E-state index contributed by atoms with van der Waals surface area (Å²) in [4.78, 5) is 2.26. The second-order valence-corrected chi connectivity index (χ2v) is 5.45. The Morgan fingerprint density at radius 2 is 1.80 bits per heavy atom. The van der Waals surface area contributed by atoms with Crippen LogP contribution < -0.4 is 0 Å². The van der Waals surface area contributed by atoms with E-state index in [-0.39, 0.29) is 5.82 Å². The zero-order valence-electron chi connectivity index (χ0n) is 8.49. The number of benzene rings is 1. The second-order valence-electron chi connectivity index (χ2n) is 3.75. The van der Waals surface area contributed by atoms with Gasteiger partial charge < -0.3 is 0 Å². The number of halogens is 1. The predicted octanol–water partition coefficient (Wildman–Crippen LogP) is 1.39. The Kier molecular flexibility index (Phi) is 3.49. The third kappa shape index (κ3) is 3.11. The minimum absolute atomic E-state index is 0.196. The maximum atomic E-state index is 12.7. The molecule has 2 nitrogen and oxygen atoms in total. The lowest BCUT2D eigenvalue weighted by molar-refractivity contribution is 0.291. The summed E-state index contributed by atoms with van der Waals surface area (Å²) in [6.45, 7) is 2.59. The molecule has 1 aliphatic rings. The Balaban J connectivity index is 1.91. The Morgan fingerprint density at radius 1 is 1.20 bits per heavy atom. The lowest BCUT2D eigenvalue weighted by Gasteiger charge is -2.25. The molecule has 0 radical (unpaired) electrons. The third-order valence-corrected chi connectivity index (χ3v) is 3.87. The molecule has 0 saturated carbocycles. The highest BCUT2D eigenvalue weighted by molar-refractivity contribution is 7.85. The largest absolute Gasteiger partial charge is 0.297 e. The van der Waals surface area contributed by atoms with Gasteiger partial charge in [0, 0.05) is 41.9 Å². The van der Waals surface area contributed by atoms with E-state index >= 15 is 0 Å². The van der Waals surface area contributed by atoms with Crippen molar-refractivity contribution in [2.75, 3.05) is 24.6 Å². The molecule has 1 saturated heterocycles. The lowest BCUT2D eigenvalue weighted by atomic mass is 10.2. The molecule has 82 valence electrons. The van der Waals surface area contributed by atoms with Crippen LogP contribution in [0.3, 0.4) is 0 Å². The highest BCUT2D eigenvalue weighted by Crippen LogP contribution is 2.08. The van der Waals surface area contributed by atoms with Crippen molar-refractivity contribution in [2.45, 2.75) is 6.54 Å². The van der Waals surface area contributed by atoms with Crippen molar-refractivity contribution in [3.8, 4) is 0 Å². The molecule has 1 fully saturated rings. The van der Waals surface area contributed by atoms with E-state index in [1.807, 2.05) is 0 Å². The number of rotatable bonds is 2. The Morgan fingerprint density at radius 3 is 2.40 bits per heavy atom. The average Bonchev–Trinajstić information content (AvgIpc) is 2.25. The predicted molar refractivity (Wildman–Crippen MR) is 59.6 cm³/mol. The molecular weight excluding hydrogens is 213 g/mol. The van der Waals surface area contributed by atoms with Crippen molar-refractivity contribution < 1.29 is 8.60 Å². The van der Waals surface area contributed by atoms with Crippen molar-refractivity contribution in [1.29, 1.82) is 0 Å². The van der Waals surface area contributed by atoms with Crippen molar-refractivity contribution in [1.82, 2.24) is 4.90 Å². The van der Waals surface area contributed by atoms with E-state index in [4.69, 9.17) is 0 Å². The molecule has 0 amide bonds. The molecule has 2 rings (SSSR count). The summed E-state index contributed by atoms with van der Waals surface area (Å²) in [6.07, 6.45) is 0. The molecule has 1 aromatic carbocycles. The first kappa shape index (κ1) is 10.8. The fourth-order valence-corrected chi connectivity index (χ4v) is 2.81. The number of nitrogens with zero attached hydrogens (tertiary/aromatic N) is 1. The van der Waals surface area contributed by atoms with Gasteiger partial charge in [0.15, 0.2) is 0 Å². The van der Waals surface area contributed by atoms with Gasteiger partial charge in [0.2, 0.25) is 0 Å². The smallest absolute Gasteiger partial charge is 0.123 e. The van der Waals surface area contributed by atoms with Gasteiger partial charge in [0.25, 0.3) is 0 Å². The summed E-state index contributed by atoms with van der Waals surface area (Å²) in [6, 6.07) is 6.58. The average molecular weight is 227 g/mol. The monoisotopic (exact) mass is 227 g/mol. The first-order valence-electron chi connectivity index (χ1n) is 5.06. The van der Waals surface area contributed by atoms with Gasteiger partial charge in [0.05, 0.1) is 0 Å². The molecule has 1 heterocycles. The van der Waals surface area contributed by atoms with E-state index in [0.717, 1.165) is 36.7 Å². The van der Waals surface area contributed by atoms with Crippen LogP contribution >= 0.6 is 0 Å². The van der Waals surface area contributed by atoms with E-state index in [9.17, 15) is 8.60 Å². The van der Waals surface area contributed by atoms with Gasteiger partial charge in [-0.3, -0.25) is 9.11 Å². The third-order valence-electron chi connectivity index (χ3n) is 2.59. The van der Waals surface area contributed by atoms with Gasteiger partial charge >= 0.3 is 0 Å². The molecule has 0 atom stereocenters. The lowest BCUT2D eigenvalue weighted by Crippen LogP contribution is -2.37. The molecule has 0 N–H and O–H groups in total. The topological polar surface area (TPSA) is 20.3 Å². The first-order chi connectivity index (χ1) is 7.24. The summed E-state index contributed by atoms with van der Waals surface area (Å²) in [7, 11) is -0.624. The standard InChI is InChI=1S/C11H14FNOS/c12-11-3-1-10(2-4-11)9-13-5-7-15(14)8-6-13/h1-4H,5-9H2. The van der Waals surface area contributed by atoms with Crippen LogP contribution in [0.4, 0.5) is 4.39 Å². The van der Waals surface area contributed by atoms with Gasteiger partial charge in [-0.1, -0.05) is 12.1 Å². The van der Waals surface area contributed by atoms with Crippen LogP contribution in [0.25, 0.3) is 0 Å². The zero-order chi connectivity index (χ0) is 10.7. The zero-order valence-corrected chi connectivity index (χ0v) is 9.30. The highest BCUT2D eigenvalue weighted by Gasteiger charge is 2.14. The van der Waals surface area contributed by atoms with Crippen LogP contribution in [-0.2, 0) is 17.3 Å². The molecule has 0 spiro atoms. The number of hydrogen-bond donors (Lipinski definition) is 0. The van der Waals surface area contributed by atoms with E-state index in [0.29, 0.717) is 0 Å². The molecule has 0 bridgehead atoms. The highest BCUT2D eigenvalue weighted by atomic mass is 32.2. The molecule has 1 aromatic rings. The van der Waals surface area contributed by atoms with Gasteiger partial charge in [-0.15, -0.1) is 0 Å². The Bertz CT molecular complexity index is 342. The van der Waals surface area contributed by atoms with Gasteiger partial charge in [-0.2, -0.15) is 0 Å². The van der Waals surface area contributed by atoms with Gasteiger partial charge in [0.1, 0.15) is 5.82 Å². The van der Waals surface area contributed by atoms with Gasteiger partial charge in [-0.05, 0) is 17.7 Å². The maximum absolute atomic E-state index is 12.7. The van der Waals surface area contributed by atoms with Crippen LogP contribution in [0.5, 0.6) is 0 Å². The van der Waals surface area contributed by atoms with Gasteiger partial charge in [-0.25, -0.2) is 4.39 Å². The van der Waals surface area contributed by atoms with Crippen molar-refractivity contribution in [3.63, 3.8) is 0 Å². The summed E-state index contributed by atoms with van der Waals surface area (Å²) in [5.74, 6) is 1.33. The van der Waals surface area contributed by atoms with Crippen molar-refractivity contribution >= 4 is 10.8 Å². The van der Waals surface area contributed by atoms with Crippen LogP contribution in [-0.4, -0.2) is 33.7 Å². The molecule has 15 heavy (non-hydrogen) atoms. The fourth-order valence-electron chi connectivity index (χ4n) is 1.68. The Labute approximate surface area is 91.5 Å². The van der Waals surface area contributed by atoms with E-state index < -0.39 is 10.8 Å². The summed E-state index contributed by atoms with van der Waals surface area (Å²) >= 11 is 0. The van der Waals surface area contributed by atoms with Crippen LogP contribution in [0.15, 0.2) is 24.3 Å². The van der Waals surface area contributed by atoms with E-state index in [1.54, 1.807) is 12.1 Å². The molecule has 0 unspecified atom stereocenters. The molecule has 4 heteroatoms. The van der Waals surface area contributed by atoms with Crippen molar-refractivity contribution in [2.24, 2.45) is 0 Å². The molecule has 0 aliphatic carbocycles. The maximum Gasteiger partial charge on any atom is 0.123 e. The quantitative estimate of drug-likeness (QED) is 0.761. The van der Waals surface area contributed by atoms with Crippen LogP contribution in [0, 0.1) is 5.82 Å². The SMILES string of the molecule is O=S1CCN(Cc2ccc(F)cc2)CC1.